The summed E-state index contributed by atoms with van der Waals surface area (Å²) >= 11 is 0. The lowest BCUT2D eigenvalue weighted by atomic mass is 10.0. The van der Waals surface area contributed by atoms with Gasteiger partial charge in [-0.15, -0.1) is 0 Å². The molecular formula is C18H17O4. The van der Waals surface area contributed by atoms with Crippen LogP contribution < -0.4 is 9.47 Å². The van der Waals surface area contributed by atoms with Gasteiger partial charge in [-0.3, -0.25) is 0 Å². The zero-order valence-electron chi connectivity index (χ0n) is 12.6. The van der Waals surface area contributed by atoms with Crippen LogP contribution in [0, 0.1) is 6.08 Å². The Morgan fingerprint density at radius 1 is 1.05 bits per heavy atom. The van der Waals surface area contributed by atoms with Gasteiger partial charge in [0.15, 0.2) is 6.79 Å². The molecule has 0 spiro atoms. The van der Waals surface area contributed by atoms with Crippen LogP contribution in [-0.2, 0) is 9.53 Å². The topological polar surface area (TPSA) is 44.8 Å². The summed E-state index contributed by atoms with van der Waals surface area (Å²) in [6.07, 6.45) is 2.48. The van der Waals surface area contributed by atoms with Crippen LogP contribution in [0.3, 0.4) is 0 Å². The summed E-state index contributed by atoms with van der Waals surface area (Å²) in [6.45, 7) is 2.67. The quantitative estimate of drug-likeness (QED) is 0.581. The van der Waals surface area contributed by atoms with Crippen LogP contribution in [0.25, 0.3) is 11.1 Å². The van der Waals surface area contributed by atoms with E-state index in [9.17, 15) is 4.79 Å². The van der Waals surface area contributed by atoms with Crippen LogP contribution in [0.15, 0.2) is 42.5 Å². The molecule has 0 heterocycles. The van der Waals surface area contributed by atoms with E-state index in [2.05, 4.69) is 6.08 Å². The van der Waals surface area contributed by atoms with Crippen LogP contribution >= 0.6 is 0 Å². The third-order valence-corrected chi connectivity index (χ3v) is 2.99. The Morgan fingerprint density at radius 3 is 2.45 bits per heavy atom. The molecule has 2 rings (SSSR count). The monoisotopic (exact) mass is 297 g/mol. The Kier molecular flexibility index (Phi) is 5.78. The molecule has 2 aromatic rings. The van der Waals surface area contributed by atoms with Crippen LogP contribution in [0.4, 0.5) is 0 Å². The Hall–Kier alpha value is -2.55. The minimum absolute atomic E-state index is 0.155. The van der Waals surface area contributed by atoms with Gasteiger partial charge in [-0.25, -0.2) is 4.79 Å². The van der Waals surface area contributed by atoms with Crippen molar-refractivity contribution < 1.29 is 19.0 Å². The summed E-state index contributed by atoms with van der Waals surface area (Å²) in [5, 5.41) is 0. The summed E-state index contributed by atoms with van der Waals surface area (Å²) in [5.41, 5.74) is 2.57. The number of ether oxygens (including phenoxy) is 3. The summed E-state index contributed by atoms with van der Waals surface area (Å²) in [4.78, 5) is 10.3. The molecular weight excluding hydrogens is 280 g/mol. The number of hydrogen-bond acceptors (Lipinski definition) is 4. The van der Waals surface area contributed by atoms with Crippen LogP contribution in [-0.4, -0.2) is 26.5 Å². The molecule has 113 valence electrons. The van der Waals surface area contributed by atoms with E-state index < -0.39 is 0 Å². The van der Waals surface area contributed by atoms with Gasteiger partial charge in [0.1, 0.15) is 17.4 Å². The fraction of sp³-hybridized carbons (Fsp3) is 0.222. The summed E-state index contributed by atoms with van der Waals surface area (Å²) in [7, 11) is 1.57. The Balaban J connectivity index is 2.36. The van der Waals surface area contributed by atoms with Crippen molar-refractivity contribution in [1.29, 1.82) is 0 Å². The SMILES string of the molecule is CCOc1ccc(-c2ccc([C]=C=O)cc2)c(OCOC)c1. The number of rotatable bonds is 7. The number of methoxy groups -OCH3 is 1. The highest BCUT2D eigenvalue weighted by molar-refractivity contribution is 5.72. The van der Waals surface area contributed by atoms with Crippen molar-refractivity contribution in [2.45, 2.75) is 6.92 Å². The molecule has 0 saturated carbocycles. The molecule has 0 aromatic heterocycles. The first kappa shape index (κ1) is 15.8. The Morgan fingerprint density at radius 2 is 1.82 bits per heavy atom. The van der Waals surface area contributed by atoms with E-state index in [1.54, 1.807) is 25.2 Å². The predicted octanol–water partition coefficient (Wildman–Crippen LogP) is 3.27. The van der Waals surface area contributed by atoms with Gasteiger partial charge in [-0.2, -0.15) is 0 Å². The third kappa shape index (κ3) is 3.98. The minimum atomic E-state index is 0.155. The van der Waals surface area contributed by atoms with Crippen LogP contribution in [0.2, 0.25) is 0 Å². The van der Waals surface area contributed by atoms with E-state index in [4.69, 9.17) is 14.2 Å². The van der Waals surface area contributed by atoms with Crippen molar-refractivity contribution in [2.24, 2.45) is 0 Å². The van der Waals surface area contributed by atoms with Gasteiger partial charge in [0.2, 0.25) is 0 Å². The maximum Gasteiger partial charge on any atom is 0.188 e. The van der Waals surface area contributed by atoms with Crippen molar-refractivity contribution in [3.63, 3.8) is 0 Å². The first-order chi connectivity index (χ1) is 10.8. The fourth-order valence-corrected chi connectivity index (χ4v) is 2.03. The molecule has 0 bridgehead atoms. The molecule has 2 aromatic carbocycles. The normalized spacial score (nSPS) is 9.91. The van der Waals surface area contributed by atoms with Gasteiger partial charge >= 0.3 is 0 Å². The van der Waals surface area contributed by atoms with Crippen molar-refractivity contribution in [2.75, 3.05) is 20.5 Å². The lowest BCUT2D eigenvalue weighted by Crippen LogP contribution is -2.01. The molecule has 0 aliphatic heterocycles. The molecule has 0 aliphatic rings. The lowest BCUT2D eigenvalue weighted by Gasteiger charge is -2.13. The average Bonchev–Trinajstić information content (AvgIpc) is 2.55. The molecule has 4 heteroatoms. The van der Waals surface area contributed by atoms with Crippen LogP contribution in [0.5, 0.6) is 11.5 Å². The first-order valence-electron chi connectivity index (χ1n) is 6.90. The Labute approximate surface area is 129 Å². The van der Waals surface area contributed by atoms with Crippen molar-refractivity contribution in [1.82, 2.24) is 0 Å². The number of benzene rings is 2. The number of carbonyl (C=O) groups excluding carboxylic acids is 1. The molecule has 1 radical (unpaired) electrons. The Bertz CT molecular complexity index is 655. The van der Waals surface area contributed by atoms with E-state index in [1.807, 2.05) is 37.3 Å². The van der Waals surface area contributed by atoms with E-state index >= 15 is 0 Å². The predicted molar refractivity (Wildman–Crippen MR) is 83.6 cm³/mol. The zero-order valence-corrected chi connectivity index (χ0v) is 12.6. The second kappa shape index (κ2) is 8.03. The molecule has 0 saturated heterocycles. The second-order valence-electron chi connectivity index (χ2n) is 4.45. The third-order valence-electron chi connectivity index (χ3n) is 2.99. The molecule has 22 heavy (non-hydrogen) atoms. The molecule has 4 nitrogen and oxygen atoms in total. The molecule has 0 unspecified atom stereocenters. The van der Waals surface area contributed by atoms with E-state index in [-0.39, 0.29) is 6.79 Å². The summed E-state index contributed by atoms with van der Waals surface area (Å²) < 4.78 is 16.1. The molecule has 0 aliphatic carbocycles. The van der Waals surface area contributed by atoms with Gasteiger partial charge < -0.3 is 14.2 Å². The summed E-state index contributed by atoms with van der Waals surface area (Å²) in [5.74, 6) is 3.06. The molecule has 0 fully saturated rings. The highest BCUT2D eigenvalue weighted by atomic mass is 16.7. The van der Waals surface area contributed by atoms with Gasteiger partial charge in [0.05, 0.1) is 12.7 Å². The second-order valence-corrected chi connectivity index (χ2v) is 4.45. The smallest absolute Gasteiger partial charge is 0.188 e. The fourth-order valence-electron chi connectivity index (χ4n) is 2.03. The minimum Gasteiger partial charge on any atom is -0.494 e. The highest BCUT2D eigenvalue weighted by Gasteiger charge is 2.09. The largest absolute Gasteiger partial charge is 0.494 e. The standard InChI is InChI=1S/C18H17O4/c1-3-21-16-8-9-17(18(12-16)22-13-20-2)15-6-4-14(5-7-15)10-11-19/h4-9,12H,3,13H2,1-2H3. The zero-order chi connectivity index (χ0) is 15.8. The molecule has 0 N–H and O–H groups in total. The van der Waals surface area contributed by atoms with Gasteiger partial charge in [-0.1, -0.05) is 24.3 Å². The van der Waals surface area contributed by atoms with Crippen molar-refractivity contribution >= 4 is 5.94 Å². The van der Waals surface area contributed by atoms with Gasteiger partial charge in [0, 0.05) is 18.7 Å². The average molecular weight is 297 g/mol. The van der Waals surface area contributed by atoms with E-state index in [0.717, 1.165) is 16.9 Å². The highest BCUT2D eigenvalue weighted by Crippen LogP contribution is 2.33. The molecule has 0 amide bonds. The van der Waals surface area contributed by atoms with Crippen LogP contribution in [0.1, 0.15) is 12.5 Å². The van der Waals surface area contributed by atoms with Crippen molar-refractivity contribution in [3.8, 4) is 22.6 Å². The van der Waals surface area contributed by atoms with E-state index in [1.165, 1.54) is 0 Å². The van der Waals surface area contributed by atoms with Gasteiger partial charge in [0.25, 0.3) is 0 Å². The maximum absolute atomic E-state index is 10.3. The van der Waals surface area contributed by atoms with Gasteiger partial charge in [-0.05, 0) is 30.2 Å². The van der Waals surface area contributed by atoms with E-state index in [0.29, 0.717) is 17.9 Å². The number of hydrogen-bond donors (Lipinski definition) is 0. The maximum atomic E-state index is 10.3. The first-order valence-corrected chi connectivity index (χ1v) is 6.90. The van der Waals surface area contributed by atoms with Crippen molar-refractivity contribution in [3.05, 3.63) is 54.1 Å². The molecule has 0 atom stereocenters. The lowest BCUT2D eigenvalue weighted by molar-refractivity contribution is 0.0513. The summed E-state index contributed by atoms with van der Waals surface area (Å²) in [6, 6.07) is 13.1.